The van der Waals surface area contributed by atoms with E-state index in [1.54, 1.807) is 6.08 Å². The first-order valence-electron chi connectivity index (χ1n) is 8.18. The Hall–Kier alpha value is -0.850. The van der Waals surface area contributed by atoms with Crippen LogP contribution in [0.2, 0.25) is 0 Å². The minimum atomic E-state index is 0.812. The van der Waals surface area contributed by atoms with Crippen LogP contribution in [0.3, 0.4) is 0 Å². The van der Waals surface area contributed by atoms with Gasteiger partial charge in [0, 0.05) is 0 Å². The van der Waals surface area contributed by atoms with Crippen molar-refractivity contribution in [2.24, 2.45) is 0 Å². The third kappa shape index (κ3) is 17.1. The highest BCUT2D eigenvalue weighted by Crippen LogP contribution is 2.11. The SMILES string of the molecule is CCCCCCCCCCCCC/C=C/C=C/C=O. The van der Waals surface area contributed by atoms with Crippen molar-refractivity contribution in [3.05, 3.63) is 24.3 Å². The van der Waals surface area contributed by atoms with E-state index in [1.165, 1.54) is 76.7 Å². The minimum absolute atomic E-state index is 0.812. The van der Waals surface area contributed by atoms with Crippen LogP contribution >= 0.6 is 0 Å². The summed E-state index contributed by atoms with van der Waals surface area (Å²) in [5.41, 5.74) is 0. The number of unbranched alkanes of at least 4 members (excludes halogenated alkanes) is 11. The van der Waals surface area contributed by atoms with E-state index >= 15 is 0 Å². The van der Waals surface area contributed by atoms with E-state index < -0.39 is 0 Å². The number of hydrogen-bond donors (Lipinski definition) is 0. The number of hydrogen-bond acceptors (Lipinski definition) is 1. The first-order valence-corrected chi connectivity index (χ1v) is 8.18. The summed E-state index contributed by atoms with van der Waals surface area (Å²) in [7, 11) is 0. The number of allylic oxidation sites excluding steroid dienone is 4. The Balaban J connectivity index is 3.04. The minimum Gasteiger partial charge on any atom is -0.299 e. The van der Waals surface area contributed by atoms with E-state index in [-0.39, 0.29) is 0 Å². The van der Waals surface area contributed by atoms with Gasteiger partial charge in [-0.05, 0) is 18.9 Å². The van der Waals surface area contributed by atoms with Crippen molar-refractivity contribution in [2.45, 2.75) is 84.0 Å². The van der Waals surface area contributed by atoms with Gasteiger partial charge in [-0.2, -0.15) is 0 Å². The van der Waals surface area contributed by atoms with Gasteiger partial charge in [-0.3, -0.25) is 4.79 Å². The van der Waals surface area contributed by atoms with Gasteiger partial charge in [0.05, 0.1) is 0 Å². The van der Waals surface area contributed by atoms with Gasteiger partial charge in [-0.15, -0.1) is 0 Å². The molecule has 0 aromatic carbocycles. The van der Waals surface area contributed by atoms with Crippen molar-refractivity contribution in [2.75, 3.05) is 0 Å². The maximum absolute atomic E-state index is 10.0. The molecule has 110 valence electrons. The van der Waals surface area contributed by atoms with Crippen LogP contribution in [0.1, 0.15) is 84.0 Å². The van der Waals surface area contributed by atoms with E-state index in [9.17, 15) is 4.79 Å². The monoisotopic (exact) mass is 264 g/mol. The van der Waals surface area contributed by atoms with Gasteiger partial charge in [0.2, 0.25) is 0 Å². The molecule has 0 aliphatic carbocycles. The Labute approximate surface area is 120 Å². The van der Waals surface area contributed by atoms with E-state index in [0.29, 0.717) is 0 Å². The lowest BCUT2D eigenvalue weighted by Crippen LogP contribution is -1.81. The number of aldehydes is 1. The summed E-state index contributed by atoms with van der Waals surface area (Å²) in [5.74, 6) is 0. The molecular formula is C18H32O. The van der Waals surface area contributed by atoms with Gasteiger partial charge in [0.1, 0.15) is 6.29 Å². The maximum atomic E-state index is 10.0. The van der Waals surface area contributed by atoms with Crippen molar-refractivity contribution >= 4 is 6.29 Å². The number of carbonyl (C=O) groups excluding carboxylic acids is 1. The van der Waals surface area contributed by atoms with Crippen molar-refractivity contribution in [3.63, 3.8) is 0 Å². The summed E-state index contributed by atoms with van der Waals surface area (Å²) < 4.78 is 0. The van der Waals surface area contributed by atoms with Crippen LogP contribution in [0.4, 0.5) is 0 Å². The van der Waals surface area contributed by atoms with Crippen LogP contribution in [0.5, 0.6) is 0 Å². The molecule has 0 amide bonds. The molecule has 0 unspecified atom stereocenters. The zero-order chi connectivity index (χ0) is 14.0. The summed E-state index contributed by atoms with van der Waals surface area (Å²) in [5, 5.41) is 0. The van der Waals surface area contributed by atoms with Gasteiger partial charge in [-0.25, -0.2) is 0 Å². The average Bonchev–Trinajstić information content (AvgIpc) is 2.43. The Morgan fingerprint density at radius 3 is 1.68 bits per heavy atom. The molecule has 0 spiro atoms. The maximum Gasteiger partial charge on any atom is 0.142 e. The van der Waals surface area contributed by atoms with Crippen LogP contribution in [0.15, 0.2) is 24.3 Å². The Bertz CT molecular complexity index is 228. The fourth-order valence-electron chi connectivity index (χ4n) is 2.21. The molecule has 0 bridgehead atoms. The van der Waals surface area contributed by atoms with Crippen LogP contribution in [0, 0.1) is 0 Å². The standard InChI is InChI=1S/C18H32O/c1-2-3-4-5-6-7-8-9-10-11-12-13-14-15-16-17-18-19/h14-18H,2-13H2,1H3/b15-14+,17-16+. The predicted octanol–water partition coefficient (Wildman–Crippen LogP) is 6.00. The molecule has 0 aromatic heterocycles. The normalized spacial score (nSPS) is 11.6. The lowest BCUT2D eigenvalue weighted by atomic mass is 10.1. The smallest absolute Gasteiger partial charge is 0.142 e. The van der Waals surface area contributed by atoms with Gasteiger partial charge in [0.25, 0.3) is 0 Å². The van der Waals surface area contributed by atoms with Crippen molar-refractivity contribution < 1.29 is 4.79 Å². The second-order valence-electron chi connectivity index (χ2n) is 5.27. The van der Waals surface area contributed by atoms with E-state index in [1.807, 2.05) is 6.08 Å². The molecule has 0 rings (SSSR count). The lowest BCUT2D eigenvalue weighted by Gasteiger charge is -2.01. The topological polar surface area (TPSA) is 17.1 Å². The van der Waals surface area contributed by atoms with Crippen LogP contribution in [-0.2, 0) is 4.79 Å². The fraction of sp³-hybridized carbons (Fsp3) is 0.722. The second-order valence-corrected chi connectivity index (χ2v) is 5.27. The lowest BCUT2D eigenvalue weighted by molar-refractivity contribution is -0.104. The van der Waals surface area contributed by atoms with Crippen molar-refractivity contribution in [3.8, 4) is 0 Å². The fourth-order valence-corrected chi connectivity index (χ4v) is 2.21. The van der Waals surface area contributed by atoms with Crippen molar-refractivity contribution in [1.82, 2.24) is 0 Å². The molecule has 0 aliphatic rings. The molecule has 0 aromatic rings. The highest BCUT2D eigenvalue weighted by Gasteiger charge is 1.92. The van der Waals surface area contributed by atoms with Crippen LogP contribution in [-0.4, -0.2) is 6.29 Å². The van der Waals surface area contributed by atoms with Gasteiger partial charge >= 0.3 is 0 Å². The Kier molecular flexibility index (Phi) is 16.4. The highest BCUT2D eigenvalue weighted by molar-refractivity contribution is 5.65. The van der Waals surface area contributed by atoms with E-state index in [0.717, 1.165) is 12.7 Å². The summed E-state index contributed by atoms with van der Waals surface area (Å²) in [6.45, 7) is 2.27. The van der Waals surface area contributed by atoms with Gasteiger partial charge in [0.15, 0.2) is 0 Å². The zero-order valence-corrected chi connectivity index (χ0v) is 12.8. The number of carbonyl (C=O) groups is 1. The third-order valence-electron chi connectivity index (χ3n) is 3.41. The van der Waals surface area contributed by atoms with E-state index in [2.05, 4.69) is 13.0 Å². The molecule has 0 aliphatic heterocycles. The molecule has 19 heavy (non-hydrogen) atoms. The molecule has 0 saturated heterocycles. The third-order valence-corrected chi connectivity index (χ3v) is 3.41. The summed E-state index contributed by atoms with van der Waals surface area (Å²) in [6, 6.07) is 0. The molecule has 0 fully saturated rings. The molecule has 0 N–H and O–H groups in total. The predicted molar refractivity (Wildman–Crippen MR) is 85.4 cm³/mol. The highest BCUT2D eigenvalue weighted by atomic mass is 16.1. The van der Waals surface area contributed by atoms with Crippen molar-refractivity contribution in [1.29, 1.82) is 0 Å². The van der Waals surface area contributed by atoms with E-state index in [4.69, 9.17) is 0 Å². The van der Waals surface area contributed by atoms with Gasteiger partial charge in [-0.1, -0.05) is 89.4 Å². The molecule has 0 atom stereocenters. The molecular weight excluding hydrogens is 232 g/mol. The number of rotatable bonds is 14. The molecule has 0 heterocycles. The molecule has 0 saturated carbocycles. The Morgan fingerprint density at radius 2 is 1.16 bits per heavy atom. The zero-order valence-electron chi connectivity index (χ0n) is 12.8. The molecule has 1 nitrogen and oxygen atoms in total. The Morgan fingerprint density at radius 1 is 0.632 bits per heavy atom. The average molecular weight is 264 g/mol. The summed E-state index contributed by atoms with van der Waals surface area (Å²) in [4.78, 5) is 10.0. The first-order chi connectivity index (χ1) is 9.41. The second kappa shape index (κ2) is 17.2. The largest absolute Gasteiger partial charge is 0.299 e. The van der Waals surface area contributed by atoms with Gasteiger partial charge < -0.3 is 0 Å². The molecule has 1 heteroatoms. The molecule has 0 radical (unpaired) electrons. The first kappa shape index (κ1) is 18.1. The summed E-state index contributed by atoms with van der Waals surface area (Å²) in [6.07, 6.45) is 24.7. The van der Waals surface area contributed by atoms with Crippen LogP contribution in [0.25, 0.3) is 0 Å². The van der Waals surface area contributed by atoms with Crippen LogP contribution < -0.4 is 0 Å². The summed E-state index contributed by atoms with van der Waals surface area (Å²) >= 11 is 0. The quantitative estimate of drug-likeness (QED) is 0.163.